The van der Waals surface area contributed by atoms with Crippen LogP contribution >= 0.6 is 0 Å². The molecule has 32 heavy (non-hydrogen) atoms. The highest BCUT2D eigenvalue weighted by atomic mass is 19.2. The Kier molecular flexibility index (Phi) is 9.25. The first kappa shape index (κ1) is 24.4. The van der Waals surface area contributed by atoms with Gasteiger partial charge in [0.25, 0.3) is 0 Å². The van der Waals surface area contributed by atoms with Crippen LogP contribution in [-0.4, -0.2) is 5.97 Å². The van der Waals surface area contributed by atoms with E-state index in [0.29, 0.717) is 23.5 Å². The molecule has 0 aliphatic heterocycles. The van der Waals surface area contributed by atoms with E-state index in [2.05, 4.69) is 13.8 Å². The average Bonchev–Trinajstić information content (AvgIpc) is 2.82. The Morgan fingerprint density at radius 1 is 0.875 bits per heavy atom. The summed E-state index contributed by atoms with van der Waals surface area (Å²) in [5, 5.41) is 0. The maximum Gasteiger partial charge on any atom is 0.343 e. The predicted molar refractivity (Wildman–Crippen MR) is 125 cm³/mol. The van der Waals surface area contributed by atoms with Crippen molar-refractivity contribution in [3.63, 3.8) is 0 Å². The van der Waals surface area contributed by atoms with Crippen LogP contribution in [0.2, 0.25) is 0 Å². The van der Waals surface area contributed by atoms with E-state index in [9.17, 15) is 13.6 Å². The van der Waals surface area contributed by atoms with E-state index >= 15 is 0 Å². The Morgan fingerprint density at radius 2 is 1.56 bits per heavy atom. The third-order valence-corrected chi connectivity index (χ3v) is 6.81. The van der Waals surface area contributed by atoms with Gasteiger partial charge in [0.15, 0.2) is 11.6 Å². The Morgan fingerprint density at radius 3 is 2.22 bits per heavy atom. The van der Waals surface area contributed by atoms with Crippen molar-refractivity contribution in [1.29, 1.82) is 0 Å². The summed E-state index contributed by atoms with van der Waals surface area (Å²) in [4.78, 5) is 12.5. The lowest BCUT2D eigenvalue weighted by Gasteiger charge is -2.28. The Labute approximate surface area is 191 Å². The molecule has 1 aliphatic rings. The first-order valence-electron chi connectivity index (χ1n) is 12.3. The molecule has 0 spiro atoms. The Balaban J connectivity index is 1.58. The van der Waals surface area contributed by atoms with Crippen LogP contribution in [0.1, 0.15) is 105 Å². The highest BCUT2D eigenvalue weighted by Gasteiger charge is 2.23. The van der Waals surface area contributed by atoms with E-state index in [0.717, 1.165) is 25.2 Å². The quantitative estimate of drug-likeness (QED) is 0.210. The maximum atomic E-state index is 14.4. The first-order valence-corrected chi connectivity index (χ1v) is 12.3. The van der Waals surface area contributed by atoms with Gasteiger partial charge in [0.1, 0.15) is 0 Å². The predicted octanol–water partition coefficient (Wildman–Crippen LogP) is 8.38. The molecule has 0 N–H and O–H groups in total. The number of rotatable bonds is 10. The molecule has 0 radical (unpaired) electrons. The second-order valence-corrected chi connectivity index (χ2v) is 9.18. The van der Waals surface area contributed by atoms with E-state index in [1.54, 1.807) is 12.1 Å². The molecule has 1 aliphatic carbocycles. The molecule has 1 fully saturated rings. The number of halogens is 2. The zero-order valence-corrected chi connectivity index (χ0v) is 19.5. The summed E-state index contributed by atoms with van der Waals surface area (Å²) in [6, 6.07) is 10.3. The van der Waals surface area contributed by atoms with Crippen LogP contribution in [0.4, 0.5) is 8.78 Å². The minimum Gasteiger partial charge on any atom is -0.420 e. The average molecular weight is 443 g/mol. The van der Waals surface area contributed by atoms with Crippen molar-refractivity contribution in [2.75, 3.05) is 0 Å². The lowest BCUT2D eigenvalue weighted by Crippen LogP contribution is -2.14. The molecule has 1 saturated carbocycles. The number of carbonyl (C=O) groups excluding carboxylic acids is 1. The number of ether oxygens (including phenoxy) is 1. The van der Waals surface area contributed by atoms with Crippen molar-refractivity contribution in [2.24, 2.45) is 5.92 Å². The van der Waals surface area contributed by atoms with Gasteiger partial charge in [-0.15, -0.1) is 0 Å². The molecule has 4 heteroatoms. The molecule has 0 aromatic heterocycles. The standard InChI is InChI=1S/C28H36F2O2/c1-3-5-7-9-23-18-19-25(27(30)26(23)29)32-28(31)24-16-14-22(15-17-24)21-12-10-20(11-13-21)8-6-4-2/h14-21H,3-13H2,1-2H3. The molecule has 0 atom stereocenters. The van der Waals surface area contributed by atoms with Crippen LogP contribution < -0.4 is 4.74 Å². The largest absolute Gasteiger partial charge is 0.420 e. The van der Waals surface area contributed by atoms with Gasteiger partial charge in [-0.25, -0.2) is 9.18 Å². The Bertz CT molecular complexity index is 868. The lowest BCUT2D eigenvalue weighted by atomic mass is 9.77. The van der Waals surface area contributed by atoms with Crippen molar-refractivity contribution in [1.82, 2.24) is 0 Å². The smallest absolute Gasteiger partial charge is 0.343 e. The minimum absolute atomic E-state index is 0.324. The first-order chi connectivity index (χ1) is 15.5. The molecular weight excluding hydrogens is 406 g/mol. The van der Waals surface area contributed by atoms with Crippen molar-refractivity contribution in [3.8, 4) is 5.75 Å². The van der Waals surface area contributed by atoms with Crippen molar-refractivity contribution < 1.29 is 18.3 Å². The summed E-state index contributed by atoms with van der Waals surface area (Å²) >= 11 is 0. The summed E-state index contributed by atoms with van der Waals surface area (Å²) in [7, 11) is 0. The van der Waals surface area contributed by atoms with Crippen LogP contribution in [0.25, 0.3) is 0 Å². The lowest BCUT2D eigenvalue weighted by molar-refractivity contribution is 0.0726. The van der Waals surface area contributed by atoms with Crippen LogP contribution in [-0.2, 0) is 6.42 Å². The maximum absolute atomic E-state index is 14.4. The second-order valence-electron chi connectivity index (χ2n) is 9.18. The number of carbonyl (C=O) groups is 1. The van der Waals surface area contributed by atoms with Crippen molar-refractivity contribution >= 4 is 5.97 Å². The minimum atomic E-state index is -1.09. The number of hydrogen-bond donors (Lipinski definition) is 0. The summed E-state index contributed by atoms with van der Waals surface area (Å²) in [5.74, 6) is -1.66. The summed E-state index contributed by atoms with van der Waals surface area (Å²) in [5.41, 5.74) is 1.91. The monoisotopic (exact) mass is 442 g/mol. The van der Waals surface area contributed by atoms with Gasteiger partial charge in [0, 0.05) is 0 Å². The van der Waals surface area contributed by atoms with E-state index in [-0.39, 0.29) is 5.75 Å². The third kappa shape index (κ3) is 6.40. The zero-order valence-electron chi connectivity index (χ0n) is 19.5. The molecule has 2 aromatic carbocycles. The Hall–Kier alpha value is -2.23. The molecule has 0 unspecified atom stereocenters. The highest BCUT2D eigenvalue weighted by Crippen LogP contribution is 2.37. The summed E-state index contributed by atoms with van der Waals surface area (Å²) in [6.45, 7) is 4.30. The van der Waals surface area contributed by atoms with Gasteiger partial charge < -0.3 is 4.74 Å². The van der Waals surface area contributed by atoms with Crippen LogP contribution in [0.3, 0.4) is 0 Å². The van der Waals surface area contributed by atoms with Gasteiger partial charge in [0.05, 0.1) is 5.56 Å². The normalized spacial score (nSPS) is 18.5. The topological polar surface area (TPSA) is 26.3 Å². The van der Waals surface area contributed by atoms with E-state index in [1.807, 2.05) is 12.1 Å². The van der Waals surface area contributed by atoms with Gasteiger partial charge in [0.2, 0.25) is 5.82 Å². The van der Waals surface area contributed by atoms with E-state index in [1.165, 1.54) is 62.6 Å². The molecule has 0 amide bonds. The number of aryl methyl sites for hydroxylation is 1. The number of unbranched alkanes of at least 4 members (excludes halogenated alkanes) is 3. The van der Waals surface area contributed by atoms with Crippen molar-refractivity contribution in [3.05, 3.63) is 64.7 Å². The van der Waals surface area contributed by atoms with Crippen molar-refractivity contribution in [2.45, 2.75) is 90.4 Å². The summed E-state index contributed by atoms with van der Waals surface area (Å²) < 4.78 is 33.9. The fourth-order valence-corrected chi connectivity index (χ4v) is 4.74. The number of esters is 1. The van der Waals surface area contributed by atoms with Crippen LogP contribution in [0.5, 0.6) is 5.75 Å². The van der Waals surface area contributed by atoms with Crippen LogP contribution in [0.15, 0.2) is 36.4 Å². The molecule has 2 nitrogen and oxygen atoms in total. The van der Waals surface area contributed by atoms with Gasteiger partial charge >= 0.3 is 5.97 Å². The fraction of sp³-hybridized carbons (Fsp3) is 0.536. The van der Waals surface area contributed by atoms with E-state index < -0.39 is 17.6 Å². The van der Waals surface area contributed by atoms with Gasteiger partial charge in [-0.3, -0.25) is 0 Å². The van der Waals surface area contributed by atoms with Crippen LogP contribution in [0, 0.1) is 17.6 Å². The fourth-order valence-electron chi connectivity index (χ4n) is 4.74. The van der Waals surface area contributed by atoms with Gasteiger partial charge in [-0.05, 0) is 79.7 Å². The van der Waals surface area contributed by atoms with Gasteiger partial charge in [-0.1, -0.05) is 64.2 Å². The molecule has 0 bridgehead atoms. The second kappa shape index (κ2) is 12.1. The number of hydrogen-bond acceptors (Lipinski definition) is 2. The van der Waals surface area contributed by atoms with Gasteiger partial charge in [-0.2, -0.15) is 4.39 Å². The molecular formula is C28H36F2O2. The molecule has 0 heterocycles. The molecule has 2 aromatic rings. The highest BCUT2D eigenvalue weighted by molar-refractivity contribution is 5.91. The summed E-state index contributed by atoms with van der Waals surface area (Å²) in [6.07, 6.45) is 12.1. The third-order valence-electron chi connectivity index (χ3n) is 6.81. The molecule has 3 rings (SSSR count). The van der Waals surface area contributed by atoms with E-state index in [4.69, 9.17) is 4.74 Å². The number of benzene rings is 2. The SMILES string of the molecule is CCCCCc1ccc(OC(=O)c2ccc(C3CCC(CCCC)CC3)cc2)c(F)c1F. The zero-order chi connectivity index (χ0) is 22.9. The molecule has 174 valence electrons. The molecule has 0 saturated heterocycles.